The van der Waals surface area contributed by atoms with E-state index in [9.17, 15) is 4.39 Å². The molecule has 0 radical (unpaired) electrons. The average molecular weight is 389 g/mol. The number of rotatable bonds is 4. The number of anilines is 2. The summed E-state index contributed by atoms with van der Waals surface area (Å²) in [5.74, 6) is 0.711. The lowest BCUT2D eigenvalue weighted by Crippen LogP contribution is -2.53. The summed E-state index contributed by atoms with van der Waals surface area (Å²) in [7, 11) is 0. The first kappa shape index (κ1) is 18.4. The van der Waals surface area contributed by atoms with Gasteiger partial charge in [-0.3, -0.25) is 0 Å². The summed E-state index contributed by atoms with van der Waals surface area (Å²) < 4.78 is 19.3. The van der Waals surface area contributed by atoms with E-state index < -0.39 is 0 Å². The highest BCUT2D eigenvalue weighted by Gasteiger charge is 2.27. The minimum Gasteiger partial charge on any atom is -0.382 e. The average Bonchev–Trinajstić information content (AvgIpc) is 2.94. The van der Waals surface area contributed by atoms with Crippen molar-refractivity contribution in [2.75, 3.05) is 38.2 Å². The van der Waals surface area contributed by atoms with E-state index in [1.165, 1.54) is 17.0 Å². The minimum atomic E-state index is -0.257. The molecule has 7 heteroatoms. The molecule has 0 amide bonds. The van der Waals surface area contributed by atoms with Gasteiger partial charge in [-0.05, 0) is 44.5 Å². The number of aliphatic imine (C=N–C) groups is 1. The number of piperazine rings is 1. The highest BCUT2D eigenvalue weighted by Crippen LogP contribution is 2.39. The monoisotopic (exact) mass is 388 g/mol. The first-order valence-corrected chi connectivity index (χ1v) is 10.3. The number of hydrogen-bond acceptors (Lipinski definition) is 6. The van der Waals surface area contributed by atoms with E-state index in [1.807, 2.05) is 6.92 Å². The van der Waals surface area contributed by atoms with E-state index in [0.717, 1.165) is 67.0 Å². The van der Waals surface area contributed by atoms with Gasteiger partial charge in [-0.15, -0.1) is 11.3 Å². The van der Waals surface area contributed by atoms with E-state index in [4.69, 9.17) is 9.73 Å². The smallest absolute Gasteiger partial charge is 0.139 e. The van der Waals surface area contributed by atoms with Crippen LogP contribution in [-0.2, 0) is 4.74 Å². The number of amidine groups is 1. The molecule has 2 aromatic rings. The summed E-state index contributed by atoms with van der Waals surface area (Å²) in [6.07, 6.45) is 0.979. The molecule has 0 saturated carbocycles. The molecule has 144 valence electrons. The third-order valence-corrected chi connectivity index (χ3v) is 5.87. The van der Waals surface area contributed by atoms with Gasteiger partial charge in [-0.1, -0.05) is 0 Å². The van der Waals surface area contributed by atoms with Crippen LogP contribution >= 0.6 is 11.3 Å². The second kappa shape index (κ2) is 7.96. The maximum absolute atomic E-state index is 13.7. The SMILES string of the molecule is CCOCCC1CN(C2=Nc3ccc(F)cc3Nc3sc(C)cc32)CCN1. The summed E-state index contributed by atoms with van der Waals surface area (Å²) in [6.45, 7) is 8.33. The molecule has 0 aliphatic carbocycles. The molecule has 2 N–H and O–H groups in total. The number of nitrogens with zero attached hydrogens (tertiary/aromatic N) is 2. The number of ether oxygens (including phenoxy) is 1. The Morgan fingerprint density at radius 2 is 2.26 bits per heavy atom. The van der Waals surface area contributed by atoms with Crippen LogP contribution in [0.2, 0.25) is 0 Å². The highest BCUT2D eigenvalue weighted by molar-refractivity contribution is 7.16. The molecule has 3 heterocycles. The molecule has 27 heavy (non-hydrogen) atoms. The van der Waals surface area contributed by atoms with Gasteiger partial charge in [0.25, 0.3) is 0 Å². The molecule has 1 unspecified atom stereocenters. The summed E-state index contributed by atoms with van der Waals surface area (Å²) in [6, 6.07) is 7.28. The molecule has 1 aromatic heterocycles. The highest BCUT2D eigenvalue weighted by atomic mass is 32.1. The molecule has 2 aliphatic heterocycles. The molecule has 5 nitrogen and oxygen atoms in total. The van der Waals surface area contributed by atoms with Gasteiger partial charge in [0, 0.05) is 43.8 Å². The summed E-state index contributed by atoms with van der Waals surface area (Å²) in [4.78, 5) is 8.51. The Balaban J connectivity index is 1.66. The quantitative estimate of drug-likeness (QED) is 0.777. The van der Waals surface area contributed by atoms with Crippen LogP contribution in [0.4, 0.5) is 20.8 Å². The van der Waals surface area contributed by atoms with E-state index in [1.54, 1.807) is 17.4 Å². The molecule has 1 aromatic carbocycles. The second-order valence-electron chi connectivity index (χ2n) is 6.90. The van der Waals surface area contributed by atoms with Crippen LogP contribution in [0.15, 0.2) is 29.3 Å². The lowest BCUT2D eigenvalue weighted by molar-refractivity contribution is 0.128. The number of thiophene rings is 1. The summed E-state index contributed by atoms with van der Waals surface area (Å²) in [5.41, 5.74) is 2.59. The van der Waals surface area contributed by atoms with Gasteiger partial charge in [0.2, 0.25) is 0 Å². The Labute approximate surface area is 163 Å². The normalized spacial score (nSPS) is 19.0. The van der Waals surface area contributed by atoms with Crippen molar-refractivity contribution >= 4 is 33.5 Å². The van der Waals surface area contributed by atoms with Crippen LogP contribution in [0, 0.1) is 12.7 Å². The molecular weight excluding hydrogens is 363 g/mol. The largest absolute Gasteiger partial charge is 0.382 e. The van der Waals surface area contributed by atoms with Crippen LogP contribution in [0.1, 0.15) is 23.8 Å². The Kier molecular flexibility index (Phi) is 5.43. The van der Waals surface area contributed by atoms with Gasteiger partial charge in [-0.25, -0.2) is 9.38 Å². The number of nitrogens with one attached hydrogen (secondary N) is 2. The van der Waals surface area contributed by atoms with Crippen molar-refractivity contribution in [3.8, 4) is 0 Å². The van der Waals surface area contributed by atoms with Crippen molar-refractivity contribution in [1.82, 2.24) is 10.2 Å². The number of aryl methyl sites for hydroxylation is 1. The van der Waals surface area contributed by atoms with Crippen molar-refractivity contribution in [2.45, 2.75) is 26.3 Å². The summed E-state index contributed by atoms with van der Waals surface area (Å²) in [5, 5.41) is 8.00. The Morgan fingerprint density at radius 1 is 1.37 bits per heavy atom. The molecule has 1 saturated heterocycles. The second-order valence-corrected chi connectivity index (χ2v) is 8.16. The number of halogens is 1. The molecule has 0 bridgehead atoms. The van der Waals surface area contributed by atoms with Crippen molar-refractivity contribution in [1.29, 1.82) is 0 Å². The summed E-state index contributed by atoms with van der Waals surface area (Å²) >= 11 is 1.68. The predicted octanol–water partition coefficient (Wildman–Crippen LogP) is 4.03. The fourth-order valence-corrected chi connectivity index (χ4v) is 4.52. The van der Waals surface area contributed by atoms with Crippen LogP contribution in [0.3, 0.4) is 0 Å². The van der Waals surface area contributed by atoms with Gasteiger partial charge in [-0.2, -0.15) is 0 Å². The van der Waals surface area contributed by atoms with Crippen LogP contribution in [-0.4, -0.2) is 49.6 Å². The zero-order chi connectivity index (χ0) is 18.8. The maximum Gasteiger partial charge on any atom is 0.139 e. The van der Waals surface area contributed by atoms with Gasteiger partial charge in [0.05, 0.1) is 16.9 Å². The van der Waals surface area contributed by atoms with Crippen LogP contribution in [0.5, 0.6) is 0 Å². The van der Waals surface area contributed by atoms with Crippen molar-refractivity contribution < 1.29 is 9.13 Å². The van der Waals surface area contributed by atoms with Crippen LogP contribution < -0.4 is 10.6 Å². The molecular formula is C20H25FN4OS. The van der Waals surface area contributed by atoms with Crippen molar-refractivity contribution in [2.24, 2.45) is 4.99 Å². The molecule has 1 fully saturated rings. The minimum absolute atomic E-state index is 0.257. The topological polar surface area (TPSA) is 48.9 Å². The van der Waals surface area contributed by atoms with Crippen molar-refractivity contribution in [3.63, 3.8) is 0 Å². The standard InChI is InChI=1S/C20H25FN4OS/c1-3-26-9-6-15-12-25(8-7-22-15)19-16-10-13(2)27-20(16)24-18-11-14(21)4-5-17(18)23-19/h4-5,10-11,15,22,24H,3,6-9,12H2,1-2H3. The number of fused-ring (bicyclic) bond motifs is 2. The van der Waals surface area contributed by atoms with Gasteiger partial charge >= 0.3 is 0 Å². The number of benzene rings is 1. The molecule has 2 aliphatic rings. The predicted molar refractivity (Wildman–Crippen MR) is 109 cm³/mol. The first-order chi connectivity index (χ1) is 13.1. The third kappa shape index (κ3) is 4.00. The van der Waals surface area contributed by atoms with Gasteiger partial charge in [0.1, 0.15) is 16.7 Å². The maximum atomic E-state index is 13.7. The Bertz CT molecular complexity index is 851. The zero-order valence-corrected chi connectivity index (χ0v) is 16.5. The Morgan fingerprint density at radius 3 is 3.11 bits per heavy atom. The van der Waals surface area contributed by atoms with Gasteiger partial charge < -0.3 is 20.3 Å². The van der Waals surface area contributed by atoms with Crippen LogP contribution in [0.25, 0.3) is 0 Å². The molecule has 4 rings (SSSR count). The molecule has 0 spiro atoms. The van der Waals surface area contributed by atoms with Crippen molar-refractivity contribution in [3.05, 3.63) is 40.5 Å². The lowest BCUT2D eigenvalue weighted by Gasteiger charge is -2.35. The van der Waals surface area contributed by atoms with Gasteiger partial charge in [0.15, 0.2) is 0 Å². The molecule has 1 atom stereocenters. The zero-order valence-electron chi connectivity index (χ0n) is 15.7. The fourth-order valence-electron chi connectivity index (χ4n) is 3.60. The van der Waals surface area contributed by atoms with E-state index >= 15 is 0 Å². The third-order valence-electron chi connectivity index (χ3n) is 4.90. The fraction of sp³-hybridized carbons (Fsp3) is 0.450. The van der Waals surface area contributed by atoms with E-state index in [-0.39, 0.29) is 5.82 Å². The first-order valence-electron chi connectivity index (χ1n) is 9.46. The van der Waals surface area contributed by atoms with E-state index in [2.05, 4.69) is 28.5 Å². The van der Waals surface area contributed by atoms with E-state index in [0.29, 0.717) is 6.04 Å². The Hall–Kier alpha value is -1.96. The lowest BCUT2D eigenvalue weighted by atomic mass is 10.1. The number of hydrogen-bond donors (Lipinski definition) is 2.